The van der Waals surface area contributed by atoms with E-state index in [4.69, 9.17) is 5.11 Å². The van der Waals surface area contributed by atoms with Gasteiger partial charge in [0.05, 0.1) is 23.8 Å². The Morgan fingerprint density at radius 3 is 1.68 bits per heavy atom. The lowest BCUT2D eigenvalue weighted by Gasteiger charge is -2.57. The normalized spacial score (nSPS) is 14.4. The van der Waals surface area contributed by atoms with Crippen molar-refractivity contribution in [3.8, 4) is 6.07 Å². The summed E-state index contributed by atoms with van der Waals surface area (Å²) in [6.07, 6.45) is 0.156. The van der Waals surface area contributed by atoms with Crippen molar-refractivity contribution in [3.63, 3.8) is 0 Å². The van der Waals surface area contributed by atoms with Crippen molar-refractivity contribution in [1.29, 1.82) is 5.26 Å². The highest BCUT2D eigenvalue weighted by molar-refractivity contribution is 7.80. The Hall–Kier alpha value is -2.00. The van der Waals surface area contributed by atoms with Gasteiger partial charge in [0.25, 0.3) is 0 Å². The number of hydrogen-bond acceptors (Lipinski definition) is 4. The van der Waals surface area contributed by atoms with Gasteiger partial charge < -0.3 is 10.2 Å². The largest absolute Gasteiger partial charge is 0.481 e. The number of nitriles is 1. The van der Waals surface area contributed by atoms with Crippen LogP contribution in [-0.4, -0.2) is 27.9 Å². The standard InChI is InChI=1S/C25H39NO2.C3H6O2S/c1-17(2)19(21(27)28)23(5,6)25(9,10)20(18-14-12-11-13-15-18)24(7,8)22(3,4)16-26;4-3(5)1-2-6/h11-15,17,19-20H,1-10H3,(H,27,28);6H,1-2H2,(H,4,5). The van der Waals surface area contributed by atoms with Crippen molar-refractivity contribution in [2.45, 2.75) is 81.6 Å². The van der Waals surface area contributed by atoms with Gasteiger partial charge in [-0.05, 0) is 47.5 Å². The van der Waals surface area contributed by atoms with Crippen LogP contribution >= 0.6 is 12.6 Å². The van der Waals surface area contributed by atoms with E-state index in [1.165, 1.54) is 0 Å². The van der Waals surface area contributed by atoms with Crippen LogP contribution in [0.5, 0.6) is 0 Å². The number of thiol groups is 1. The molecule has 0 fully saturated rings. The predicted molar refractivity (Wildman–Crippen MR) is 142 cm³/mol. The Labute approximate surface area is 212 Å². The number of carbonyl (C=O) groups is 2. The van der Waals surface area contributed by atoms with E-state index >= 15 is 0 Å². The minimum Gasteiger partial charge on any atom is -0.481 e. The van der Waals surface area contributed by atoms with Gasteiger partial charge in [-0.15, -0.1) is 0 Å². The molecule has 0 aliphatic heterocycles. The summed E-state index contributed by atoms with van der Waals surface area (Å²) < 4.78 is 0. The highest BCUT2D eigenvalue weighted by Gasteiger charge is 2.57. The number of benzene rings is 1. The molecule has 0 radical (unpaired) electrons. The highest BCUT2D eigenvalue weighted by atomic mass is 32.1. The van der Waals surface area contributed by atoms with Crippen LogP contribution in [0.3, 0.4) is 0 Å². The van der Waals surface area contributed by atoms with Crippen molar-refractivity contribution in [3.05, 3.63) is 35.9 Å². The number of hydrogen-bond donors (Lipinski definition) is 3. The summed E-state index contributed by atoms with van der Waals surface area (Å²) in [7, 11) is 0. The van der Waals surface area contributed by atoms with Crippen LogP contribution in [0, 0.1) is 44.8 Å². The topological polar surface area (TPSA) is 98.4 Å². The molecule has 0 aliphatic carbocycles. The van der Waals surface area contributed by atoms with Crippen LogP contribution in [-0.2, 0) is 9.59 Å². The maximum atomic E-state index is 12.2. The van der Waals surface area contributed by atoms with Crippen molar-refractivity contribution in [1.82, 2.24) is 0 Å². The van der Waals surface area contributed by atoms with Gasteiger partial charge in [-0.2, -0.15) is 17.9 Å². The van der Waals surface area contributed by atoms with E-state index < -0.39 is 28.7 Å². The Balaban J connectivity index is 0.00000160. The van der Waals surface area contributed by atoms with Crippen LogP contribution < -0.4 is 0 Å². The van der Waals surface area contributed by atoms with E-state index in [0.717, 1.165) is 5.56 Å². The SMILES string of the molecule is CC(C)C(C(=O)O)C(C)(C)C(C)(C)C(c1ccccc1)C(C)(C)C(C)(C)C#N.O=C(O)CCS. The molecule has 0 spiro atoms. The second-order valence-corrected chi connectivity index (χ2v) is 12.1. The zero-order valence-corrected chi connectivity index (χ0v) is 23.5. The lowest BCUT2D eigenvalue weighted by molar-refractivity contribution is -0.156. The Morgan fingerprint density at radius 1 is 0.912 bits per heavy atom. The van der Waals surface area contributed by atoms with Crippen LogP contribution in [0.4, 0.5) is 0 Å². The summed E-state index contributed by atoms with van der Waals surface area (Å²) >= 11 is 3.68. The number of rotatable bonds is 10. The molecule has 1 aromatic carbocycles. The van der Waals surface area contributed by atoms with Gasteiger partial charge in [-0.1, -0.05) is 85.7 Å². The summed E-state index contributed by atoms with van der Waals surface area (Å²) in [5, 5.41) is 27.9. The fraction of sp³-hybridized carbons (Fsp3) is 0.679. The van der Waals surface area contributed by atoms with Gasteiger partial charge in [0.15, 0.2) is 0 Å². The molecule has 6 heteroatoms. The maximum Gasteiger partial charge on any atom is 0.307 e. The first-order valence-electron chi connectivity index (χ1n) is 11.8. The maximum absolute atomic E-state index is 12.2. The summed E-state index contributed by atoms with van der Waals surface area (Å²) in [5.74, 6) is -1.60. The first-order valence-corrected chi connectivity index (χ1v) is 12.5. The molecular formula is C28H45NO4S. The number of carboxylic acids is 2. The second-order valence-electron chi connectivity index (χ2n) is 11.7. The third-order valence-electron chi connectivity index (χ3n) is 8.16. The van der Waals surface area contributed by atoms with E-state index in [-0.39, 0.29) is 29.1 Å². The minimum atomic E-state index is -0.787. The molecule has 0 heterocycles. The quantitative estimate of drug-likeness (QED) is 0.302. The fourth-order valence-corrected chi connectivity index (χ4v) is 5.37. The molecule has 0 saturated heterocycles. The van der Waals surface area contributed by atoms with Crippen molar-refractivity contribution >= 4 is 24.6 Å². The summed E-state index contributed by atoms with van der Waals surface area (Å²) in [5.41, 5.74) is -0.710. The molecule has 1 rings (SSSR count). The Kier molecular flexibility index (Phi) is 11.4. The third kappa shape index (κ3) is 7.01. The molecule has 5 nitrogen and oxygen atoms in total. The van der Waals surface area contributed by atoms with E-state index in [1.54, 1.807) is 0 Å². The minimum absolute atomic E-state index is 0.00792. The molecule has 0 aromatic heterocycles. The van der Waals surface area contributed by atoms with Gasteiger partial charge in [-0.25, -0.2) is 0 Å². The van der Waals surface area contributed by atoms with Crippen molar-refractivity contribution in [2.75, 3.05) is 5.75 Å². The molecular weight excluding hydrogens is 446 g/mol. The Bertz CT molecular complexity index is 851. The predicted octanol–water partition coefficient (Wildman–Crippen LogP) is 7.15. The zero-order chi connectivity index (χ0) is 27.1. The average Bonchev–Trinajstić information content (AvgIpc) is 2.67. The van der Waals surface area contributed by atoms with Crippen LogP contribution in [0.2, 0.25) is 0 Å². The van der Waals surface area contributed by atoms with Crippen LogP contribution in [0.15, 0.2) is 30.3 Å². The molecule has 0 saturated carbocycles. The molecule has 0 bridgehead atoms. The average molecular weight is 492 g/mol. The molecule has 34 heavy (non-hydrogen) atoms. The molecule has 2 atom stereocenters. The third-order valence-corrected chi connectivity index (χ3v) is 8.39. The Morgan fingerprint density at radius 2 is 1.38 bits per heavy atom. The van der Waals surface area contributed by atoms with Crippen LogP contribution in [0.1, 0.15) is 87.1 Å². The summed E-state index contributed by atoms with van der Waals surface area (Å²) in [6.45, 7) is 20.8. The van der Waals surface area contributed by atoms with Gasteiger partial charge in [0, 0.05) is 5.75 Å². The lowest BCUT2D eigenvalue weighted by Crippen LogP contribution is -2.53. The second kappa shape index (κ2) is 12.1. The fourth-order valence-electron chi connectivity index (χ4n) is 5.18. The van der Waals surface area contributed by atoms with Crippen LogP contribution in [0.25, 0.3) is 0 Å². The van der Waals surface area contributed by atoms with Gasteiger partial charge in [-0.3, -0.25) is 9.59 Å². The highest BCUT2D eigenvalue weighted by Crippen LogP contribution is 2.63. The molecule has 2 N–H and O–H groups in total. The molecule has 1 aromatic rings. The smallest absolute Gasteiger partial charge is 0.307 e. The van der Waals surface area contributed by atoms with Crippen molar-refractivity contribution in [2.24, 2.45) is 33.5 Å². The lowest BCUT2D eigenvalue weighted by atomic mass is 9.45. The van der Waals surface area contributed by atoms with Gasteiger partial charge in [0.1, 0.15) is 0 Å². The van der Waals surface area contributed by atoms with E-state index in [2.05, 4.69) is 72.4 Å². The first-order chi connectivity index (χ1) is 15.3. The molecule has 192 valence electrons. The van der Waals surface area contributed by atoms with Crippen molar-refractivity contribution < 1.29 is 19.8 Å². The van der Waals surface area contributed by atoms with E-state index in [1.807, 2.05) is 45.9 Å². The van der Waals surface area contributed by atoms with Gasteiger partial charge in [0.2, 0.25) is 0 Å². The number of aliphatic carboxylic acids is 2. The van der Waals surface area contributed by atoms with E-state index in [9.17, 15) is 20.0 Å². The summed E-state index contributed by atoms with van der Waals surface area (Å²) in [6, 6.07) is 12.8. The zero-order valence-electron chi connectivity index (χ0n) is 22.6. The first kappa shape index (κ1) is 32.0. The number of nitrogens with zero attached hydrogens (tertiary/aromatic N) is 1. The van der Waals surface area contributed by atoms with E-state index in [0.29, 0.717) is 5.75 Å². The molecule has 2 unspecified atom stereocenters. The summed E-state index contributed by atoms with van der Waals surface area (Å²) in [4.78, 5) is 21.8. The molecule has 0 amide bonds. The monoisotopic (exact) mass is 491 g/mol. The van der Waals surface area contributed by atoms with Gasteiger partial charge >= 0.3 is 11.9 Å². The molecule has 0 aliphatic rings. The number of carboxylic acid groups (broad SMARTS) is 2.